The molecule has 0 aliphatic rings. The summed E-state index contributed by atoms with van der Waals surface area (Å²) in [6.07, 6.45) is 0. The van der Waals surface area contributed by atoms with Crippen molar-refractivity contribution in [2.75, 3.05) is 5.32 Å². The van der Waals surface area contributed by atoms with E-state index >= 15 is 0 Å². The Kier molecular flexibility index (Phi) is 4.07. The molecule has 2 rings (SSSR count). The van der Waals surface area contributed by atoms with E-state index in [9.17, 15) is 14.9 Å². The van der Waals surface area contributed by atoms with Gasteiger partial charge in [0.2, 0.25) is 5.91 Å². The van der Waals surface area contributed by atoms with Gasteiger partial charge in [-0.1, -0.05) is 36.4 Å². The maximum atomic E-state index is 12.0. The zero-order valence-corrected chi connectivity index (χ0v) is 10.5. The lowest BCUT2D eigenvalue weighted by molar-refractivity contribution is -0.384. The quantitative estimate of drug-likeness (QED) is 0.658. The molecule has 0 bridgehead atoms. The summed E-state index contributed by atoms with van der Waals surface area (Å²) >= 11 is 0. The van der Waals surface area contributed by atoms with Crippen molar-refractivity contribution < 1.29 is 9.72 Å². The first-order valence-corrected chi connectivity index (χ1v) is 5.94. The van der Waals surface area contributed by atoms with E-state index in [0.29, 0.717) is 11.3 Å². The Morgan fingerprint density at radius 3 is 2.50 bits per heavy atom. The molecule has 0 aliphatic carbocycles. The summed E-state index contributed by atoms with van der Waals surface area (Å²) in [6, 6.07) is 13.8. The number of non-ortho nitro benzene ring substituents is 1. The highest BCUT2D eigenvalue weighted by Gasteiger charge is 2.16. The number of nitro benzene ring substituents is 1. The first-order chi connectivity index (χ1) is 9.58. The third kappa shape index (κ3) is 3.18. The van der Waals surface area contributed by atoms with Crippen molar-refractivity contribution in [2.24, 2.45) is 5.73 Å². The lowest BCUT2D eigenvalue weighted by Gasteiger charge is -2.12. The standard InChI is InChI=1S/C14H13N3O3/c15-13(10-5-2-1-3-6-10)14(18)16-11-7-4-8-12(9-11)17(19)20/h1-9,13H,15H2,(H,16,18)/t13-/m0/s1. The second-order valence-corrected chi connectivity index (χ2v) is 4.19. The van der Waals surface area contributed by atoms with Crippen molar-refractivity contribution in [1.29, 1.82) is 0 Å². The van der Waals surface area contributed by atoms with E-state index in [1.165, 1.54) is 18.2 Å². The summed E-state index contributed by atoms with van der Waals surface area (Å²) in [6.45, 7) is 0. The zero-order valence-electron chi connectivity index (χ0n) is 10.5. The first kappa shape index (κ1) is 13.7. The van der Waals surface area contributed by atoms with Gasteiger partial charge in [0.05, 0.1) is 4.92 Å². The van der Waals surface area contributed by atoms with Crippen LogP contribution in [0.4, 0.5) is 11.4 Å². The number of rotatable bonds is 4. The number of nitrogens with two attached hydrogens (primary N) is 1. The largest absolute Gasteiger partial charge is 0.324 e. The smallest absolute Gasteiger partial charge is 0.271 e. The van der Waals surface area contributed by atoms with E-state index < -0.39 is 16.9 Å². The topological polar surface area (TPSA) is 98.3 Å². The van der Waals surface area contributed by atoms with E-state index in [1.807, 2.05) is 6.07 Å². The van der Waals surface area contributed by atoms with Crippen LogP contribution in [-0.2, 0) is 4.79 Å². The van der Waals surface area contributed by atoms with Gasteiger partial charge >= 0.3 is 0 Å². The predicted molar refractivity (Wildman–Crippen MR) is 75.1 cm³/mol. The third-order valence-corrected chi connectivity index (χ3v) is 2.77. The van der Waals surface area contributed by atoms with E-state index in [1.54, 1.807) is 30.3 Å². The highest BCUT2D eigenvalue weighted by Crippen LogP contribution is 2.18. The van der Waals surface area contributed by atoms with Crippen LogP contribution < -0.4 is 11.1 Å². The lowest BCUT2D eigenvalue weighted by atomic mass is 10.1. The van der Waals surface area contributed by atoms with Crippen LogP contribution in [0.15, 0.2) is 54.6 Å². The molecule has 0 aromatic heterocycles. The fourth-order valence-electron chi connectivity index (χ4n) is 1.73. The Balaban J connectivity index is 2.12. The molecule has 1 amide bonds. The monoisotopic (exact) mass is 271 g/mol. The van der Waals surface area contributed by atoms with Gasteiger partial charge in [0, 0.05) is 17.8 Å². The summed E-state index contributed by atoms with van der Waals surface area (Å²) in [5.41, 5.74) is 6.77. The SMILES string of the molecule is N[C@H](C(=O)Nc1cccc([N+](=O)[O-])c1)c1ccccc1. The van der Waals surface area contributed by atoms with E-state index in [-0.39, 0.29) is 5.69 Å². The normalized spacial score (nSPS) is 11.7. The molecule has 2 aromatic rings. The third-order valence-electron chi connectivity index (χ3n) is 2.77. The molecule has 1 atom stereocenters. The summed E-state index contributed by atoms with van der Waals surface area (Å²) in [7, 11) is 0. The second-order valence-electron chi connectivity index (χ2n) is 4.19. The molecule has 0 saturated carbocycles. The van der Waals surface area contributed by atoms with Crippen LogP contribution in [0.25, 0.3) is 0 Å². The Bertz CT molecular complexity index is 629. The highest BCUT2D eigenvalue weighted by molar-refractivity contribution is 5.95. The van der Waals surface area contributed by atoms with Gasteiger partial charge in [-0.2, -0.15) is 0 Å². The fourth-order valence-corrected chi connectivity index (χ4v) is 1.73. The second kappa shape index (κ2) is 5.94. The minimum Gasteiger partial charge on any atom is -0.324 e. The number of nitrogens with one attached hydrogen (secondary N) is 1. The molecule has 0 radical (unpaired) electrons. The molecule has 0 heterocycles. The molecule has 0 spiro atoms. The van der Waals surface area contributed by atoms with Gasteiger partial charge < -0.3 is 11.1 Å². The van der Waals surface area contributed by atoms with E-state index in [0.717, 1.165) is 0 Å². The van der Waals surface area contributed by atoms with Crippen molar-refractivity contribution in [3.05, 3.63) is 70.3 Å². The Hall–Kier alpha value is -2.73. The van der Waals surface area contributed by atoms with Crippen LogP contribution in [0.5, 0.6) is 0 Å². The van der Waals surface area contributed by atoms with Gasteiger partial charge in [0.15, 0.2) is 0 Å². The summed E-state index contributed by atoms with van der Waals surface area (Å²) in [5.74, 6) is -0.420. The van der Waals surface area contributed by atoms with Gasteiger partial charge in [-0.3, -0.25) is 14.9 Å². The fraction of sp³-hybridized carbons (Fsp3) is 0.0714. The van der Waals surface area contributed by atoms with Crippen LogP contribution in [0.3, 0.4) is 0 Å². The maximum Gasteiger partial charge on any atom is 0.271 e. The number of carbonyl (C=O) groups excluding carboxylic acids is 1. The Morgan fingerprint density at radius 1 is 1.15 bits per heavy atom. The van der Waals surface area contributed by atoms with Crippen LogP contribution in [0, 0.1) is 10.1 Å². The minimum absolute atomic E-state index is 0.0870. The molecule has 0 fully saturated rings. The Labute approximate surface area is 115 Å². The summed E-state index contributed by atoms with van der Waals surface area (Å²) < 4.78 is 0. The predicted octanol–water partition coefficient (Wildman–Crippen LogP) is 2.23. The number of amides is 1. The Morgan fingerprint density at radius 2 is 1.85 bits per heavy atom. The first-order valence-electron chi connectivity index (χ1n) is 5.94. The molecule has 102 valence electrons. The number of benzene rings is 2. The van der Waals surface area contributed by atoms with Gasteiger partial charge in [-0.15, -0.1) is 0 Å². The summed E-state index contributed by atoms with van der Waals surface area (Å²) in [5, 5.41) is 13.2. The van der Waals surface area contributed by atoms with Crippen molar-refractivity contribution in [3.8, 4) is 0 Å². The number of hydrogen-bond donors (Lipinski definition) is 2. The molecular formula is C14H13N3O3. The number of nitrogens with zero attached hydrogens (tertiary/aromatic N) is 1. The number of carbonyl (C=O) groups is 1. The van der Waals surface area contributed by atoms with Crippen molar-refractivity contribution in [3.63, 3.8) is 0 Å². The van der Waals surface area contributed by atoms with Crippen molar-refractivity contribution in [1.82, 2.24) is 0 Å². The van der Waals surface area contributed by atoms with Crippen molar-refractivity contribution in [2.45, 2.75) is 6.04 Å². The molecule has 0 unspecified atom stereocenters. The zero-order chi connectivity index (χ0) is 14.5. The molecular weight excluding hydrogens is 258 g/mol. The molecule has 0 aliphatic heterocycles. The van der Waals surface area contributed by atoms with Gasteiger partial charge in [-0.05, 0) is 11.6 Å². The minimum atomic E-state index is -0.824. The molecule has 20 heavy (non-hydrogen) atoms. The number of anilines is 1. The van der Waals surface area contributed by atoms with Crippen LogP contribution in [0.1, 0.15) is 11.6 Å². The van der Waals surface area contributed by atoms with E-state index in [2.05, 4.69) is 5.32 Å². The molecule has 6 nitrogen and oxygen atoms in total. The maximum absolute atomic E-state index is 12.0. The highest BCUT2D eigenvalue weighted by atomic mass is 16.6. The molecule has 6 heteroatoms. The number of hydrogen-bond acceptors (Lipinski definition) is 4. The van der Waals surface area contributed by atoms with E-state index in [4.69, 9.17) is 5.73 Å². The van der Waals surface area contributed by atoms with Crippen LogP contribution in [-0.4, -0.2) is 10.8 Å². The molecule has 3 N–H and O–H groups in total. The summed E-state index contributed by atoms with van der Waals surface area (Å²) in [4.78, 5) is 22.1. The average molecular weight is 271 g/mol. The number of nitro groups is 1. The van der Waals surface area contributed by atoms with Crippen molar-refractivity contribution >= 4 is 17.3 Å². The van der Waals surface area contributed by atoms with Gasteiger partial charge in [-0.25, -0.2) is 0 Å². The van der Waals surface area contributed by atoms with Gasteiger partial charge in [0.1, 0.15) is 6.04 Å². The van der Waals surface area contributed by atoms with Crippen LogP contribution in [0.2, 0.25) is 0 Å². The molecule has 2 aromatic carbocycles. The molecule has 0 saturated heterocycles. The average Bonchev–Trinajstić information content (AvgIpc) is 2.47. The van der Waals surface area contributed by atoms with Crippen LogP contribution >= 0.6 is 0 Å². The van der Waals surface area contributed by atoms with Gasteiger partial charge in [0.25, 0.3) is 5.69 Å². The lowest BCUT2D eigenvalue weighted by Crippen LogP contribution is -2.27.